The van der Waals surface area contributed by atoms with Crippen LogP contribution in [0.1, 0.15) is 22.3 Å². The first-order chi connectivity index (χ1) is 53.1. The molecule has 498 valence electrons. The van der Waals surface area contributed by atoms with Gasteiger partial charge in [0.15, 0.2) is 0 Å². The normalized spacial score (nSPS) is 11.9. The van der Waals surface area contributed by atoms with Crippen molar-refractivity contribution in [3.63, 3.8) is 0 Å². The molecule has 1 nitrogen and oxygen atoms in total. The Bertz CT molecular complexity index is 6470. The van der Waals surface area contributed by atoms with Crippen LogP contribution in [0.4, 0.5) is 17.1 Å². The van der Waals surface area contributed by atoms with Crippen molar-refractivity contribution in [1.29, 1.82) is 0 Å². The van der Waals surface area contributed by atoms with E-state index in [9.17, 15) is 0 Å². The number of rotatable bonds is 13. The molecule has 0 atom stereocenters. The molecule has 0 unspecified atom stereocenters. The van der Waals surface area contributed by atoms with Crippen LogP contribution in [0, 0.1) is 0 Å². The summed E-state index contributed by atoms with van der Waals surface area (Å²) in [4.78, 5) is 2.43. The first kappa shape index (κ1) is 62.8. The van der Waals surface area contributed by atoms with E-state index in [0.29, 0.717) is 0 Å². The van der Waals surface area contributed by atoms with Crippen molar-refractivity contribution in [2.75, 3.05) is 4.90 Å². The molecule has 20 aromatic carbocycles. The van der Waals surface area contributed by atoms with E-state index in [1.54, 1.807) is 0 Å². The van der Waals surface area contributed by atoms with Crippen LogP contribution in [0.2, 0.25) is 0 Å². The van der Waals surface area contributed by atoms with Crippen molar-refractivity contribution < 1.29 is 0 Å². The second kappa shape index (κ2) is 26.7. The van der Waals surface area contributed by atoms with Crippen LogP contribution >= 0.6 is 0 Å². The lowest BCUT2D eigenvalue weighted by Crippen LogP contribution is -2.10. The summed E-state index contributed by atoms with van der Waals surface area (Å²) in [7, 11) is 0. The Balaban J connectivity index is 0.730. The van der Waals surface area contributed by atoms with E-state index in [2.05, 4.69) is 424 Å². The predicted molar refractivity (Wildman–Crippen MR) is 462 cm³/mol. The summed E-state index contributed by atoms with van der Waals surface area (Å²) in [6.45, 7) is 0. The Morgan fingerprint density at radius 3 is 0.710 bits per heavy atom. The van der Waals surface area contributed by atoms with Crippen molar-refractivity contribution in [3.8, 4) is 66.8 Å². The maximum atomic E-state index is 2.43. The maximum absolute atomic E-state index is 2.43. The molecule has 107 heavy (non-hydrogen) atoms. The Kier molecular flexibility index (Phi) is 15.7. The Morgan fingerprint density at radius 1 is 0.150 bits per heavy atom. The molecule has 0 aliphatic carbocycles. The van der Waals surface area contributed by atoms with Crippen LogP contribution in [0.3, 0.4) is 0 Å². The van der Waals surface area contributed by atoms with Crippen molar-refractivity contribution in [1.82, 2.24) is 0 Å². The zero-order chi connectivity index (χ0) is 70.7. The van der Waals surface area contributed by atoms with Gasteiger partial charge in [-0.25, -0.2) is 0 Å². The minimum Gasteiger partial charge on any atom is -0.311 e. The van der Waals surface area contributed by atoms with Crippen molar-refractivity contribution in [3.05, 3.63) is 417 Å². The predicted octanol–water partition coefficient (Wildman–Crippen LogP) is 29.9. The molecule has 0 aliphatic heterocycles. The van der Waals surface area contributed by atoms with Crippen LogP contribution in [0.15, 0.2) is 394 Å². The second-order valence-electron chi connectivity index (χ2n) is 28.0. The number of nitrogens with zero attached hydrogens (tertiary/aromatic N) is 1. The van der Waals surface area contributed by atoms with Gasteiger partial charge in [-0.1, -0.05) is 382 Å². The standard InChI is InChI=1S/C106H69N/c1-3-26-70(27-4-1)50-52-73-60-68-99(84-35-11-9-32-81(73)84)105-95-45-21-15-39-89(95)102(90-40-16-22-46-96(90)105)76-56-64-79(65-57-76)107(78-62-54-75(55-63-78)101-87-37-13-19-43-93(87)104(94-44-20-14-38-88(94)101)86-49-25-31-72-30-7-8-34-83(72)86)80-66-58-77(59-67-80)103-91-41-17-23-47-97(91)106(98-48-24-18-42-92(98)103)100-69-61-74(82-33-10-12-36-85(82)100)53-51-71-28-5-2-6-29-71/h1-69H/b52-50+,53-51+. The first-order valence-electron chi connectivity index (χ1n) is 37.0. The van der Waals surface area contributed by atoms with Crippen molar-refractivity contribution in [2.24, 2.45) is 0 Å². The zero-order valence-electron chi connectivity index (χ0n) is 58.8. The third-order valence-corrected chi connectivity index (χ3v) is 22.1. The summed E-state index contributed by atoms with van der Waals surface area (Å²) in [6, 6.07) is 146. The summed E-state index contributed by atoms with van der Waals surface area (Å²) in [6.07, 6.45) is 8.93. The van der Waals surface area contributed by atoms with E-state index >= 15 is 0 Å². The molecule has 0 saturated carbocycles. The van der Waals surface area contributed by atoms with Gasteiger partial charge >= 0.3 is 0 Å². The van der Waals surface area contributed by atoms with Gasteiger partial charge in [-0.2, -0.15) is 0 Å². The fraction of sp³-hybridized carbons (Fsp3) is 0. The second-order valence-corrected chi connectivity index (χ2v) is 28.0. The van der Waals surface area contributed by atoms with Gasteiger partial charge in [0.2, 0.25) is 0 Å². The van der Waals surface area contributed by atoms with Gasteiger partial charge in [-0.15, -0.1) is 0 Å². The minimum absolute atomic E-state index is 1.05. The van der Waals surface area contributed by atoms with Gasteiger partial charge in [0.1, 0.15) is 0 Å². The number of hydrogen-bond acceptors (Lipinski definition) is 1. The molecule has 0 aromatic heterocycles. The van der Waals surface area contributed by atoms with Gasteiger partial charge in [0.05, 0.1) is 0 Å². The summed E-state index contributed by atoms with van der Waals surface area (Å²) in [5.74, 6) is 0. The van der Waals surface area contributed by atoms with Crippen LogP contribution < -0.4 is 4.90 Å². The summed E-state index contributed by atoms with van der Waals surface area (Å²) in [5, 5.41) is 22.0. The topological polar surface area (TPSA) is 3.24 Å². The fourth-order valence-corrected chi connectivity index (χ4v) is 17.3. The zero-order valence-corrected chi connectivity index (χ0v) is 58.8. The number of hydrogen-bond donors (Lipinski definition) is 0. The molecule has 0 amide bonds. The Hall–Kier alpha value is -14.0. The summed E-state index contributed by atoms with van der Waals surface area (Å²) in [5.41, 5.74) is 22.5. The first-order valence-corrected chi connectivity index (χ1v) is 37.0. The van der Waals surface area contributed by atoms with E-state index in [1.165, 1.54) is 169 Å². The third kappa shape index (κ3) is 10.9. The molecule has 1 heteroatoms. The van der Waals surface area contributed by atoms with E-state index in [-0.39, 0.29) is 0 Å². The van der Waals surface area contributed by atoms with Crippen molar-refractivity contribution in [2.45, 2.75) is 0 Å². The van der Waals surface area contributed by atoms with Gasteiger partial charge < -0.3 is 4.90 Å². The molecule has 0 bridgehead atoms. The molecule has 0 aliphatic rings. The number of benzene rings is 20. The van der Waals surface area contributed by atoms with Gasteiger partial charge in [0.25, 0.3) is 0 Å². The van der Waals surface area contributed by atoms with Gasteiger partial charge in [-0.3, -0.25) is 0 Å². The highest BCUT2D eigenvalue weighted by atomic mass is 15.1. The van der Waals surface area contributed by atoms with Crippen LogP contribution in [-0.4, -0.2) is 0 Å². The van der Waals surface area contributed by atoms with E-state index in [4.69, 9.17) is 0 Å². The molecule has 0 heterocycles. The smallest absolute Gasteiger partial charge is 0.0462 e. The lowest BCUT2D eigenvalue weighted by Gasteiger charge is -2.27. The van der Waals surface area contributed by atoms with Crippen LogP contribution in [0.5, 0.6) is 0 Å². The highest BCUT2D eigenvalue weighted by molar-refractivity contribution is 6.27. The minimum atomic E-state index is 1.05. The Morgan fingerprint density at radius 2 is 0.393 bits per heavy atom. The van der Waals surface area contributed by atoms with Crippen LogP contribution in [-0.2, 0) is 0 Å². The summed E-state index contributed by atoms with van der Waals surface area (Å²) < 4.78 is 0. The number of fused-ring (bicyclic) bond motifs is 9. The highest BCUT2D eigenvalue weighted by Crippen LogP contribution is 2.51. The highest BCUT2D eigenvalue weighted by Gasteiger charge is 2.24. The maximum Gasteiger partial charge on any atom is 0.0462 e. The molecular formula is C106H69N. The fourth-order valence-electron chi connectivity index (χ4n) is 17.3. The molecule has 0 saturated heterocycles. The molecular weight excluding hydrogens is 1290 g/mol. The number of anilines is 3. The molecule has 0 spiro atoms. The van der Waals surface area contributed by atoms with E-state index in [0.717, 1.165) is 33.8 Å². The lowest BCUT2D eigenvalue weighted by atomic mass is 9.84. The average molecular weight is 1360 g/mol. The quantitative estimate of drug-likeness (QED) is 0.0821. The van der Waals surface area contributed by atoms with Crippen LogP contribution in [0.25, 0.3) is 188 Å². The molecule has 0 fully saturated rings. The molecule has 0 radical (unpaired) electrons. The average Bonchev–Trinajstić information content (AvgIpc) is 0.738. The summed E-state index contributed by atoms with van der Waals surface area (Å²) >= 11 is 0. The Labute approximate surface area is 622 Å². The van der Waals surface area contributed by atoms with E-state index in [1.807, 2.05) is 0 Å². The molecule has 20 rings (SSSR count). The van der Waals surface area contributed by atoms with E-state index < -0.39 is 0 Å². The largest absolute Gasteiger partial charge is 0.311 e. The third-order valence-electron chi connectivity index (χ3n) is 22.1. The molecule has 0 N–H and O–H groups in total. The van der Waals surface area contributed by atoms with Gasteiger partial charge in [-0.05, 0) is 222 Å². The van der Waals surface area contributed by atoms with Crippen molar-refractivity contribution >= 4 is 138 Å². The van der Waals surface area contributed by atoms with Gasteiger partial charge in [0, 0.05) is 17.1 Å². The lowest BCUT2D eigenvalue weighted by molar-refractivity contribution is 1.28. The SMILES string of the molecule is C(=C\c1ccc(-c2c3ccccc3c(-c3ccc(N(c4ccc(-c5c6ccccc6c(-c6cccc7ccccc67)c6ccccc56)cc4)c4ccc(-c5c6ccccc6c(-c6ccc(/C=C/c7ccccc7)c7ccccc67)c6ccccc56)cc4)cc3)c3ccccc23)c2ccccc12)/c1ccccc1. The molecule has 20 aromatic rings. The monoisotopic (exact) mass is 1360 g/mol.